The molecule has 1 aromatic heterocycles. The van der Waals surface area contributed by atoms with E-state index in [9.17, 15) is 5.11 Å². The summed E-state index contributed by atoms with van der Waals surface area (Å²) < 4.78 is 0. The highest BCUT2D eigenvalue weighted by molar-refractivity contribution is 5.11. The van der Waals surface area contributed by atoms with Crippen molar-refractivity contribution in [1.29, 1.82) is 0 Å². The molecule has 3 atom stereocenters. The molecule has 1 aromatic rings. The summed E-state index contributed by atoms with van der Waals surface area (Å²) in [7, 11) is 0. The van der Waals surface area contributed by atoms with Crippen molar-refractivity contribution in [2.45, 2.75) is 31.6 Å². The fourth-order valence-corrected chi connectivity index (χ4v) is 3.72. The van der Waals surface area contributed by atoms with Crippen LogP contribution in [0.5, 0.6) is 0 Å². The molecule has 3 rings (SSSR count). The lowest BCUT2D eigenvalue weighted by atomic mass is 9.82. The minimum Gasteiger partial charge on any atom is -0.396 e. The normalized spacial score (nSPS) is 30.3. The van der Waals surface area contributed by atoms with Crippen molar-refractivity contribution in [3.63, 3.8) is 0 Å². The van der Waals surface area contributed by atoms with Crippen LogP contribution in [-0.2, 0) is 0 Å². The van der Waals surface area contributed by atoms with Crippen molar-refractivity contribution in [3.05, 3.63) is 18.0 Å². The fourth-order valence-electron chi connectivity index (χ4n) is 3.72. The van der Waals surface area contributed by atoms with Gasteiger partial charge in [-0.1, -0.05) is 12.8 Å². The van der Waals surface area contributed by atoms with E-state index in [-0.39, 0.29) is 12.5 Å². The molecule has 2 fully saturated rings. The number of nitrogens with one attached hydrogen (secondary N) is 1. The Bertz CT molecular complexity index is 351. The van der Waals surface area contributed by atoms with Gasteiger partial charge < -0.3 is 10.0 Å². The quantitative estimate of drug-likeness (QED) is 0.852. The molecule has 0 aromatic carbocycles. The average molecular weight is 249 g/mol. The second kappa shape index (κ2) is 5.41. The number of hydrogen-bond donors (Lipinski definition) is 2. The zero-order valence-electron chi connectivity index (χ0n) is 10.9. The molecule has 0 radical (unpaired) electrons. The molecule has 2 N–H and O–H groups in total. The van der Waals surface area contributed by atoms with Crippen LogP contribution < -0.4 is 0 Å². The SMILES string of the molecule is OC[C@@H](CN1CC2CCCCC2C1)c1cn[nH]c1. The van der Waals surface area contributed by atoms with Gasteiger partial charge >= 0.3 is 0 Å². The molecule has 1 saturated heterocycles. The first-order valence-electron chi connectivity index (χ1n) is 7.18. The molecule has 0 bridgehead atoms. The van der Waals surface area contributed by atoms with Crippen LogP contribution in [0.4, 0.5) is 0 Å². The van der Waals surface area contributed by atoms with Gasteiger partial charge in [0.2, 0.25) is 0 Å². The van der Waals surface area contributed by atoms with Gasteiger partial charge in [-0.15, -0.1) is 0 Å². The Kier molecular flexibility index (Phi) is 3.66. The Morgan fingerprint density at radius 2 is 2.06 bits per heavy atom. The number of fused-ring (bicyclic) bond motifs is 1. The van der Waals surface area contributed by atoms with Gasteiger partial charge in [0.15, 0.2) is 0 Å². The standard InChI is InChI=1S/C14H23N3O/c18-10-14(13-5-15-16-6-13)9-17-7-11-3-1-2-4-12(11)8-17/h5-6,11-12,14,18H,1-4,7-10H2,(H,15,16)/t11?,12?,14-/m1/s1. The number of nitrogens with zero attached hydrogens (tertiary/aromatic N) is 2. The third-order valence-corrected chi connectivity index (χ3v) is 4.74. The third kappa shape index (κ3) is 2.45. The Balaban J connectivity index is 1.59. The van der Waals surface area contributed by atoms with E-state index >= 15 is 0 Å². The van der Waals surface area contributed by atoms with Gasteiger partial charge in [-0.3, -0.25) is 5.10 Å². The van der Waals surface area contributed by atoms with Crippen LogP contribution in [0.2, 0.25) is 0 Å². The van der Waals surface area contributed by atoms with Crippen molar-refractivity contribution in [3.8, 4) is 0 Å². The van der Waals surface area contributed by atoms with Crippen LogP contribution in [0.25, 0.3) is 0 Å². The summed E-state index contributed by atoms with van der Waals surface area (Å²) >= 11 is 0. The summed E-state index contributed by atoms with van der Waals surface area (Å²) in [5, 5.41) is 16.4. The molecule has 100 valence electrons. The topological polar surface area (TPSA) is 52.1 Å². The number of aliphatic hydroxyl groups excluding tert-OH is 1. The van der Waals surface area contributed by atoms with E-state index in [2.05, 4.69) is 15.1 Å². The maximum atomic E-state index is 9.55. The third-order valence-electron chi connectivity index (χ3n) is 4.74. The lowest BCUT2D eigenvalue weighted by Gasteiger charge is -2.23. The molecule has 4 nitrogen and oxygen atoms in total. The van der Waals surface area contributed by atoms with Crippen molar-refractivity contribution >= 4 is 0 Å². The zero-order chi connectivity index (χ0) is 12.4. The predicted molar refractivity (Wildman–Crippen MR) is 70.3 cm³/mol. The second-order valence-corrected chi connectivity index (χ2v) is 5.93. The Morgan fingerprint density at radius 1 is 1.33 bits per heavy atom. The average Bonchev–Trinajstić information content (AvgIpc) is 3.04. The molecule has 0 spiro atoms. The van der Waals surface area contributed by atoms with Gasteiger partial charge in [0, 0.05) is 31.7 Å². The number of aromatic amines is 1. The second-order valence-electron chi connectivity index (χ2n) is 5.93. The number of likely N-dealkylation sites (tertiary alicyclic amines) is 1. The molecule has 0 amide bonds. The number of aromatic nitrogens is 2. The number of hydrogen-bond acceptors (Lipinski definition) is 3. The largest absolute Gasteiger partial charge is 0.396 e. The molecule has 18 heavy (non-hydrogen) atoms. The zero-order valence-corrected chi connectivity index (χ0v) is 10.9. The fraction of sp³-hybridized carbons (Fsp3) is 0.786. The summed E-state index contributed by atoms with van der Waals surface area (Å²) in [6.07, 6.45) is 9.40. The van der Waals surface area contributed by atoms with Crippen molar-refractivity contribution in [1.82, 2.24) is 15.1 Å². The molecular formula is C14H23N3O. The van der Waals surface area contributed by atoms with E-state index < -0.39 is 0 Å². The van der Waals surface area contributed by atoms with E-state index in [4.69, 9.17) is 0 Å². The monoisotopic (exact) mass is 249 g/mol. The summed E-state index contributed by atoms with van der Waals surface area (Å²) in [5.74, 6) is 2.05. The Morgan fingerprint density at radius 3 is 2.61 bits per heavy atom. The summed E-state index contributed by atoms with van der Waals surface area (Å²) in [6, 6.07) is 0. The summed E-state index contributed by atoms with van der Waals surface area (Å²) in [5.41, 5.74) is 1.13. The highest BCUT2D eigenvalue weighted by Crippen LogP contribution is 2.36. The van der Waals surface area contributed by atoms with E-state index in [1.807, 2.05) is 12.4 Å². The summed E-state index contributed by atoms with van der Waals surface area (Å²) in [6.45, 7) is 3.66. The number of aliphatic hydroxyl groups is 1. The lowest BCUT2D eigenvalue weighted by molar-refractivity contribution is 0.216. The minimum atomic E-state index is 0.212. The number of rotatable bonds is 4. The van der Waals surface area contributed by atoms with Gasteiger partial charge in [0.05, 0.1) is 12.8 Å². The van der Waals surface area contributed by atoms with E-state index in [0.717, 1.165) is 23.9 Å². The number of H-pyrrole nitrogens is 1. The molecule has 1 aliphatic heterocycles. The van der Waals surface area contributed by atoms with E-state index in [0.29, 0.717) is 0 Å². The van der Waals surface area contributed by atoms with Crippen LogP contribution in [-0.4, -0.2) is 46.4 Å². The predicted octanol–water partition coefficient (Wildman–Crippen LogP) is 1.61. The molecule has 2 unspecified atom stereocenters. The Labute approximate surface area is 108 Å². The lowest BCUT2D eigenvalue weighted by Crippen LogP contribution is -2.28. The van der Waals surface area contributed by atoms with Crippen LogP contribution in [0, 0.1) is 11.8 Å². The molecular weight excluding hydrogens is 226 g/mol. The van der Waals surface area contributed by atoms with Crippen molar-refractivity contribution in [2.75, 3.05) is 26.2 Å². The minimum absolute atomic E-state index is 0.212. The van der Waals surface area contributed by atoms with Crippen LogP contribution in [0.1, 0.15) is 37.2 Å². The van der Waals surface area contributed by atoms with Crippen molar-refractivity contribution < 1.29 is 5.11 Å². The molecule has 1 aliphatic carbocycles. The van der Waals surface area contributed by atoms with E-state index in [1.54, 1.807) is 0 Å². The van der Waals surface area contributed by atoms with Gasteiger partial charge in [0.1, 0.15) is 0 Å². The van der Waals surface area contributed by atoms with Gasteiger partial charge in [-0.2, -0.15) is 5.10 Å². The highest BCUT2D eigenvalue weighted by Gasteiger charge is 2.35. The first kappa shape index (κ1) is 12.2. The van der Waals surface area contributed by atoms with Crippen molar-refractivity contribution in [2.24, 2.45) is 11.8 Å². The van der Waals surface area contributed by atoms with Crippen LogP contribution in [0.3, 0.4) is 0 Å². The smallest absolute Gasteiger partial charge is 0.0523 e. The Hall–Kier alpha value is -0.870. The van der Waals surface area contributed by atoms with Gasteiger partial charge in [-0.05, 0) is 30.2 Å². The highest BCUT2D eigenvalue weighted by atomic mass is 16.3. The molecule has 1 saturated carbocycles. The van der Waals surface area contributed by atoms with Gasteiger partial charge in [0.25, 0.3) is 0 Å². The molecule has 2 aliphatic rings. The first-order valence-corrected chi connectivity index (χ1v) is 7.18. The maximum absolute atomic E-state index is 9.55. The molecule has 2 heterocycles. The summed E-state index contributed by atoms with van der Waals surface area (Å²) in [4.78, 5) is 2.55. The van der Waals surface area contributed by atoms with E-state index in [1.165, 1.54) is 38.8 Å². The van der Waals surface area contributed by atoms with Gasteiger partial charge in [-0.25, -0.2) is 0 Å². The maximum Gasteiger partial charge on any atom is 0.0523 e. The molecule has 4 heteroatoms. The van der Waals surface area contributed by atoms with Crippen LogP contribution in [0.15, 0.2) is 12.4 Å². The first-order chi connectivity index (χ1) is 8.86. The van der Waals surface area contributed by atoms with Crippen LogP contribution >= 0.6 is 0 Å².